The van der Waals surface area contributed by atoms with Gasteiger partial charge in [0.15, 0.2) is 11.6 Å². The van der Waals surface area contributed by atoms with Gasteiger partial charge in [0.2, 0.25) is 0 Å². The van der Waals surface area contributed by atoms with Crippen LogP contribution < -0.4 is 5.73 Å². The molecular weight excluding hydrogens is 218 g/mol. The van der Waals surface area contributed by atoms with Gasteiger partial charge in [0, 0.05) is 0 Å². The Bertz CT molecular complexity index is 664. The number of benzene rings is 1. The summed E-state index contributed by atoms with van der Waals surface area (Å²) in [7, 11) is 0. The van der Waals surface area contributed by atoms with Gasteiger partial charge in [-0.2, -0.15) is 0 Å². The zero-order valence-electron chi connectivity index (χ0n) is 8.77. The Labute approximate surface area is 95.9 Å². The summed E-state index contributed by atoms with van der Waals surface area (Å²) in [5, 5.41) is 0. The molecule has 84 valence electrons. The number of carbonyl (C=O) groups is 1. The molecule has 6 heteroatoms. The molecule has 0 aliphatic carbocycles. The van der Waals surface area contributed by atoms with Crippen molar-refractivity contribution in [3.8, 4) is 11.5 Å². The first kappa shape index (κ1) is 9.59. The fourth-order valence-electron chi connectivity index (χ4n) is 1.65. The number of imidazole rings is 2. The maximum Gasteiger partial charge on any atom is 0.284 e. The van der Waals surface area contributed by atoms with E-state index in [9.17, 15) is 4.79 Å². The fourth-order valence-corrected chi connectivity index (χ4v) is 1.65. The molecule has 0 atom stereocenters. The number of hydrogen-bond acceptors (Lipinski definition) is 3. The first-order valence-electron chi connectivity index (χ1n) is 5.04. The summed E-state index contributed by atoms with van der Waals surface area (Å²) in [5.74, 6) is 0.166. The number of amides is 1. The second kappa shape index (κ2) is 3.44. The van der Waals surface area contributed by atoms with Crippen LogP contribution in [0.3, 0.4) is 0 Å². The van der Waals surface area contributed by atoms with E-state index in [2.05, 4.69) is 19.9 Å². The highest BCUT2D eigenvalue weighted by atomic mass is 16.1. The van der Waals surface area contributed by atoms with E-state index < -0.39 is 5.91 Å². The lowest BCUT2D eigenvalue weighted by molar-refractivity contribution is 0.0991. The van der Waals surface area contributed by atoms with Gasteiger partial charge in [0.05, 0.1) is 17.2 Å². The Morgan fingerprint density at radius 1 is 1.24 bits per heavy atom. The van der Waals surface area contributed by atoms with Crippen LogP contribution in [0.2, 0.25) is 0 Å². The third-order valence-corrected chi connectivity index (χ3v) is 2.45. The lowest BCUT2D eigenvalue weighted by atomic mass is 10.3. The Balaban J connectivity index is 2.10. The molecule has 3 rings (SSSR count). The van der Waals surface area contributed by atoms with Gasteiger partial charge in [0.1, 0.15) is 5.69 Å². The Morgan fingerprint density at radius 2 is 2.06 bits per heavy atom. The monoisotopic (exact) mass is 227 g/mol. The van der Waals surface area contributed by atoms with Gasteiger partial charge in [-0.15, -0.1) is 0 Å². The molecule has 0 aliphatic heterocycles. The van der Waals surface area contributed by atoms with E-state index in [1.54, 1.807) is 0 Å². The fraction of sp³-hybridized carbons (Fsp3) is 0. The van der Waals surface area contributed by atoms with Gasteiger partial charge < -0.3 is 15.7 Å². The lowest BCUT2D eigenvalue weighted by Crippen LogP contribution is -2.12. The summed E-state index contributed by atoms with van der Waals surface area (Å²) in [4.78, 5) is 25.1. The van der Waals surface area contributed by atoms with Gasteiger partial charge in [-0.25, -0.2) is 9.97 Å². The van der Waals surface area contributed by atoms with E-state index in [0.29, 0.717) is 11.5 Å². The maximum absolute atomic E-state index is 10.9. The van der Waals surface area contributed by atoms with Crippen molar-refractivity contribution in [3.05, 3.63) is 36.3 Å². The second-order valence-electron chi connectivity index (χ2n) is 3.61. The Hall–Kier alpha value is -2.63. The van der Waals surface area contributed by atoms with Gasteiger partial charge in [-0.3, -0.25) is 4.79 Å². The molecule has 1 aromatic carbocycles. The number of H-pyrrole nitrogens is 2. The highest BCUT2D eigenvalue weighted by Crippen LogP contribution is 2.18. The minimum absolute atomic E-state index is 0.125. The van der Waals surface area contributed by atoms with Crippen LogP contribution >= 0.6 is 0 Å². The topological polar surface area (TPSA) is 100 Å². The molecule has 0 saturated heterocycles. The number of fused-ring (bicyclic) bond motifs is 1. The molecule has 0 bridgehead atoms. The third-order valence-electron chi connectivity index (χ3n) is 2.45. The third kappa shape index (κ3) is 1.55. The molecule has 0 radical (unpaired) electrons. The molecule has 0 saturated carbocycles. The van der Waals surface area contributed by atoms with Crippen molar-refractivity contribution in [2.24, 2.45) is 5.73 Å². The largest absolute Gasteiger partial charge is 0.363 e. The number of aromatic nitrogens is 4. The van der Waals surface area contributed by atoms with Crippen LogP contribution in [0.15, 0.2) is 30.5 Å². The minimum atomic E-state index is -0.590. The molecular formula is C11H9N5O. The molecule has 6 nitrogen and oxygen atoms in total. The zero-order valence-corrected chi connectivity index (χ0v) is 8.77. The molecule has 0 spiro atoms. The number of carbonyl (C=O) groups excluding carboxylic acids is 1. The molecule has 0 unspecified atom stereocenters. The number of aromatic amines is 2. The van der Waals surface area contributed by atoms with Gasteiger partial charge in [-0.05, 0) is 12.1 Å². The molecule has 4 N–H and O–H groups in total. The summed E-state index contributed by atoms with van der Waals surface area (Å²) in [5.41, 5.74) is 7.54. The molecule has 2 aromatic heterocycles. The highest BCUT2D eigenvalue weighted by Gasteiger charge is 2.10. The summed E-state index contributed by atoms with van der Waals surface area (Å²) >= 11 is 0. The maximum atomic E-state index is 10.9. The van der Waals surface area contributed by atoms with Crippen molar-refractivity contribution in [1.29, 1.82) is 0 Å². The highest BCUT2D eigenvalue weighted by molar-refractivity contribution is 5.89. The predicted octanol–water partition coefficient (Wildman–Crippen LogP) is 1.05. The van der Waals surface area contributed by atoms with Crippen LogP contribution in [0.4, 0.5) is 0 Å². The average molecular weight is 227 g/mol. The van der Waals surface area contributed by atoms with Gasteiger partial charge in [0.25, 0.3) is 5.91 Å². The van der Waals surface area contributed by atoms with Crippen molar-refractivity contribution in [1.82, 2.24) is 19.9 Å². The number of rotatable bonds is 2. The molecule has 1 amide bonds. The SMILES string of the molecule is NC(=O)c1ncc(-c2nc3ccccc3[nH]2)[nH]1. The molecule has 2 heterocycles. The molecule has 0 aliphatic rings. The van der Waals surface area contributed by atoms with Crippen LogP contribution in [0, 0.1) is 0 Å². The lowest BCUT2D eigenvalue weighted by Gasteiger charge is -1.88. The Kier molecular flexibility index (Phi) is 1.94. The standard InChI is InChI=1S/C11H9N5O/c12-9(17)11-13-5-8(16-11)10-14-6-3-1-2-4-7(6)15-10/h1-5H,(H2,12,17)(H,13,16)(H,14,15). The zero-order chi connectivity index (χ0) is 11.8. The van der Waals surface area contributed by atoms with Gasteiger partial charge in [-0.1, -0.05) is 12.1 Å². The molecule has 0 fully saturated rings. The summed E-state index contributed by atoms with van der Waals surface area (Å²) in [6.07, 6.45) is 1.53. The first-order chi connectivity index (χ1) is 8.24. The van der Waals surface area contributed by atoms with E-state index in [0.717, 1.165) is 11.0 Å². The van der Waals surface area contributed by atoms with Crippen LogP contribution in [-0.2, 0) is 0 Å². The van der Waals surface area contributed by atoms with Crippen LogP contribution in [-0.4, -0.2) is 25.8 Å². The number of nitrogens with zero attached hydrogens (tertiary/aromatic N) is 2. The van der Waals surface area contributed by atoms with Crippen molar-refractivity contribution >= 4 is 16.9 Å². The van der Waals surface area contributed by atoms with E-state index >= 15 is 0 Å². The number of nitrogens with one attached hydrogen (secondary N) is 2. The van der Waals surface area contributed by atoms with Crippen molar-refractivity contribution in [2.75, 3.05) is 0 Å². The minimum Gasteiger partial charge on any atom is -0.363 e. The predicted molar refractivity (Wildman–Crippen MR) is 62.2 cm³/mol. The number of hydrogen-bond donors (Lipinski definition) is 3. The number of para-hydroxylation sites is 2. The van der Waals surface area contributed by atoms with E-state index in [1.165, 1.54) is 6.20 Å². The number of nitrogens with two attached hydrogens (primary N) is 1. The second-order valence-corrected chi connectivity index (χ2v) is 3.61. The first-order valence-corrected chi connectivity index (χ1v) is 5.04. The van der Waals surface area contributed by atoms with E-state index in [1.807, 2.05) is 24.3 Å². The normalized spacial score (nSPS) is 10.8. The number of primary amides is 1. The summed E-state index contributed by atoms with van der Waals surface area (Å²) < 4.78 is 0. The van der Waals surface area contributed by atoms with E-state index in [4.69, 9.17) is 5.73 Å². The van der Waals surface area contributed by atoms with Crippen molar-refractivity contribution in [3.63, 3.8) is 0 Å². The summed E-state index contributed by atoms with van der Waals surface area (Å²) in [6, 6.07) is 7.67. The van der Waals surface area contributed by atoms with Crippen LogP contribution in [0.5, 0.6) is 0 Å². The van der Waals surface area contributed by atoms with Crippen molar-refractivity contribution in [2.45, 2.75) is 0 Å². The average Bonchev–Trinajstić information content (AvgIpc) is 2.95. The van der Waals surface area contributed by atoms with E-state index in [-0.39, 0.29) is 5.82 Å². The van der Waals surface area contributed by atoms with Gasteiger partial charge >= 0.3 is 0 Å². The smallest absolute Gasteiger partial charge is 0.284 e. The quantitative estimate of drug-likeness (QED) is 0.610. The molecule has 17 heavy (non-hydrogen) atoms. The Morgan fingerprint density at radius 3 is 2.76 bits per heavy atom. The van der Waals surface area contributed by atoms with Crippen LogP contribution in [0.25, 0.3) is 22.6 Å². The summed E-state index contributed by atoms with van der Waals surface area (Å²) in [6.45, 7) is 0. The van der Waals surface area contributed by atoms with Crippen molar-refractivity contribution < 1.29 is 4.79 Å². The molecule has 3 aromatic rings. The van der Waals surface area contributed by atoms with Crippen LogP contribution in [0.1, 0.15) is 10.6 Å².